The van der Waals surface area contributed by atoms with Crippen LogP contribution in [0.25, 0.3) is 11.3 Å². The number of allylic oxidation sites excluding steroid dienone is 9. The van der Waals surface area contributed by atoms with Crippen molar-refractivity contribution >= 4 is 11.8 Å². The maximum Gasteiger partial charge on any atom is 0.171 e. The first-order valence-electron chi connectivity index (χ1n) is 16.7. The molecule has 0 bridgehead atoms. The van der Waals surface area contributed by atoms with E-state index in [1.807, 2.05) is 68.5 Å². The molecule has 5 nitrogen and oxygen atoms in total. The van der Waals surface area contributed by atoms with Crippen LogP contribution in [0.4, 0.5) is 0 Å². The van der Waals surface area contributed by atoms with Crippen molar-refractivity contribution < 1.29 is 14.4 Å². The van der Waals surface area contributed by atoms with Gasteiger partial charge in [0.05, 0.1) is 17.9 Å². The van der Waals surface area contributed by atoms with E-state index >= 15 is 0 Å². The fraction of sp³-hybridized carbons (Fsp3) is 0.425. The van der Waals surface area contributed by atoms with Crippen molar-refractivity contribution in [3.05, 3.63) is 125 Å². The second-order valence-corrected chi connectivity index (χ2v) is 13.4. The first-order chi connectivity index (χ1) is 22.4. The molecule has 1 aliphatic carbocycles. The van der Waals surface area contributed by atoms with Crippen LogP contribution >= 0.6 is 11.8 Å². The van der Waals surface area contributed by atoms with Gasteiger partial charge in [-0.25, -0.2) is 0 Å². The van der Waals surface area contributed by atoms with Crippen LogP contribution in [0.2, 0.25) is 0 Å². The Bertz CT molecular complexity index is 1460. The minimum Gasteiger partial charge on any atom is -0.398 e. The van der Waals surface area contributed by atoms with Gasteiger partial charge in [0.15, 0.2) is 5.76 Å². The summed E-state index contributed by atoms with van der Waals surface area (Å²) in [5.41, 5.74) is 14.8. The van der Waals surface area contributed by atoms with Gasteiger partial charge >= 0.3 is 0 Å². The highest BCUT2D eigenvalue weighted by Gasteiger charge is 2.32. The Morgan fingerprint density at radius 3 is 2.61 bits per heavy atom. The number of aliphatic hydroxyl groups excluding tert-OH is 1. The van der Waals surface area contributed by atoms with Crippen LogP contribution in [0.1, 0.15) is 76.5 Å². The van der Waals surface area contributed by atoms with E-state index in [9.17, 15) is 5.11 Å². The molecule has 246 valence electrons. The summed E-state index contributed by atoms with van der Waals surface area (Å²) in [4.78, 5) is 0. The van der Waals surface area contributed by atoms with E-state index < -0.39 is 6.10 Å². The van der Waals surface area contributed by atoms with E-state index in [0.717, 1.165) is 57.2 Å². The highest BCUT2D eigenvalue weighted by Crippen LogP contribution is 2.37. The molecule has 2 aromatic rings. The fourth-order valence-electron chi connectivity index (χ4n) is 6.57. The zero-order valence-electron chi connectivity index (χ0n) is 27.9. The third-order valence-corrected chi connectivity index (χ3v) is 10.1. The van der Waals surface area contributed by atoms with Gasteiger partial charge in [0.1, 0.15) is 6.10 Å². The Kier molecular flexibility index (Phi) is 14.0. The molecule has 2 fully saturated rings. The molecule has 0 amide bonds. The van der Waals surface area contributed by atoms with Crippen LogP contribution in [0.5, 0.6) is 0 Å². The summed E-state index contributed by atoms with van der Waals surface area (Å²) in [7, 11) is 0. The zero-order chi connectivity index (χ0) is 32.9. The minimum atomic E-state index is -0.548. The monoisotopic (exact) mass is 640 g/mol. The second-order valence-electron chi connectivity index (χ2n) is 12.4. The molecule has 3 N–H and O–H groups in total. The van der Waals surface area contributed by atoms with Crippen molar-refractivity contribution in [2.45, 2.75) is 96.2 Å². The number of nitrogens with two attached hydrogens (primary N) is 1. The number of ether oxygens (including phenoxy) is 1. The largest absolute Gasteiger partial charge is 0.398 e. The first-order valence-corrected chi connectivity index (χ1v) is 17.9. The highest BCUT2D eigenvalue weighted by atomic mass is 32.2. The number of thioether (sulfide) groups is 1. The molecule has 1 saturated heterocycles. The molecule has 1 aromatic carbocycles. The molecule has 2 aliphatic rings. The second kappa shape index (κ2) is 18.1. The highest BCUT2D eigenvalue weighted by molar-refractivity contribution is 7.98. The van der Waals surface area contributed by atoms with E-state index in [4.69, 9.17) is 15.0 Å². The smallest absolute Gasteiger partial charge is 0.171 e. The van der Waals surface area contributed by atoms with E-state index in [0.29, 0.717) is 24.5 Å². The molecule has 0 spiro atoms. The number of hydrogen-bond acceptors (Lipinski definition) is 6. The maximum absolute atomic E-state index is 10.9. The Morgan fingerprint density at radius 1 is 1.15 bits per heavy atom. The van der Waals surface area contributed by atoms with Crippen molar-refractivity contribution in [1.29, 1.82) is 0 Å². The number of rotatable bonds is 15. The molecule has 0 unspecified atom stereocenters. The lowest BCUT2D eigenvalue weighted by Gasteiger charge is -2.26. The van der Waals surface area contributed by atoms with Gasteiger partial charge in [-0.05, 0) is 62.3 Å². The van der Waals surface area contributed by atoms with Crippen LogP contribution in [0, 0.1) is 12.8 Å². The molecule has 46 heavy (non-hydrogen) atoms. The summed E-state index contributed by atoms with van der Waals surface area (Å²) >= 11 is 1.78. The first kappa shape index (κ1) is 35.5. The third kappa shape index (κ3) is 9.60. The third-order valence-electron chi connectivity index (χ3n) is 9.00. The number of aliphatic hydroxyl groups is 1. The summed E-state index contributed by atoms with van der Waals surface area (Å²) in [6.45, 7) is 14.4. The molecular weight excluding hydrogens is 589 g/mol. The quantitative estimate of drug-likeness (QED) is 0.149. The normalized spacial score (nSPS) is 22.1. The molecule has 3 atom stereocenters. The summed E-state index contributed by atoms with van der Waals surface area (Å²) in [6, 6.07) is 10.1. The summed E-state index contributed by atoms with van der Waals surface area (Å²) in [5.74, 6) is 3.05. The molecule has 1 aliphatic heterocycles. The molecule has 0 radical (unpaired) electrons. The molecular formula is C40H52N2O3S. The van der Waals surface area contributed by atoms with Gasteiger partial charge in [-0.2, -0.15) is 11.8 Å². The van der Waals surface area contributed by atoms with Gasteiger partial charge in [0.25, 0.3) is 0 Å². The Hall–Kier alpha value is -3.32. The van der Waals surface area contributed by atoms with E-state index in [1.165, 1.54) is 37.7 Å². The molecule has 1 saturated carbocycles. The van der Waals surface area contributed by atoms with E-state index in [1.54, 1.807) is 17.8 Å². The minimum absolute atomic E-state index is 0.0326. The summed E-state index contributed by atoms with van der Waals surface area (Å²) in [6.07, 6.45) is 21.8. The predicted octanol–water partition coefficient (Wildman–Crippen LogP) is 9.72. The van der Waals surface area contributed by atoms with Gasteiger partial charge in [-0.1, -0.05) is 117 Å². The average molecular weight is 641 g/mol. The topological polar surface area (TPSA) is 81.5 Å². The summed E-state index contributed by atoms with van der Waals surface area (Å²) in [5, 5.41) is 15.1. The van der Waals surface area contributed by atoms with Crippen molar-refractivity contribution in [2.75, 3.05) is 5.75 Å². The maximum atomic E-state index is 10.9. The van der Waals surface area contributed by atoms with Crippen molar-refractivity contribution in [3.8, 4) is 11.3 Å². The molecule has 6 heteroatoms. The van der Waals surface area contributed by atoms with Gasteiger partial charge in [-0.3, -0.25) is 0 Å². The van der Waals surface area contributed by atoms with Crippen LogP contribution < -0.4 is 5.73 Å². The molecule has 4 rings (SSSR count). The Labute approximate surface area is 280 Å². The lowest BCUT2D eigenvalue weighted by atomic mass is 9.80. The van der Waals surface area contributed by atoms with Gasteiger partial charge in [0, 0.05) is 40.3 Å². The van der Waals surface area contributed by atoms with Crippen molar-refractivity contribution in [2.24, 2.45) is 11.7 Å². The zero-order valence-corrected chi connectivity index (χ0v) is 28.7. The lowest BCUT2D eigenvalue weighted by Crippen LogP contribution is -2.18. The number of benzene rings is 1. The van der Waals surface area contributed by atoms with Crippen LogP contribution in [0.3, 0.4) is 0 Å². The van der Waals surface area contributed by atoms with Crippen LogP contribution in [-0.4, -0.2) is 34.3 Å². The molecule has 1 aromatic heterocycles. The molecule has 2 heterocycles. The van der Waals surface area contributed by atoms with Gasteiger partial charge < -0.3 is 20.1 Å². The predicted molar refractivity (Wildman–Crippen MR) is 194 cm³/mol. The standard InChI is InChI=1S/C40H52N2O3S/c1-6-16-28(4)34(39(36(41)17-7-2)31(8-3)24-30-18-11-9-12-19-30)22-15-23-38-37(43)25-33(44-38)26-46-27-35-29(5)42-45-40(35)32-20-13-10-14-21-32/h6-8,10,13-17,20-21,23,30,33,37-38,43H,2,4,9,11-12,18-19,22,24-27,41H2,1,3,5H3/b16-6-,23-15+,31-8-,36-17-,39-34-/t33-,37+,38-/m0/s1. The number of aromatic nitrogens is 1. The van der Waals surface area contributed by atoms with E-state index in [2.05, 4.69) is 37.4 Å². The SMILES string of the molecule is C=C/C=C(N)/C(C(=C\C)/CC1CCCCC1)=C(/C/C=C/[C@@H]1O[C@H](CSCc2c(C)noc2-c2ccccc2)C[C@H]1O)C(=C)/C=C\C. The lowest BCUT2D eigenvalue weighted by molar-refractivity contribution is 0.0483. The van der Waals surface area contributed by atoms with Crippen LogP contribution in [-0.2, 0) is 10.5 Å². The van der Waals surface area contributed by atoms with Crippen LogP contribution in [0.15, 0.2) is 119 Å². The average Bonchev–Trinajstić information content (AvgIpc) is 3.61. The van der Waals surface area contributed by atoms with Crippen molar-refractivity contribution in [1.82, 2.24) is 5.16 Å². The Morgan fingerprint density at radius 2 is 1.91 bits per heavy atom. The fourth-order valence-corrected chi connectivity index (χ4v) is 7.71. The van der Waals surface area contributed by atoms with Crippen molar-refractivity contribution in [3.63, 3.8) is 0 Å². The number of aryl methyl sites for hydroxylation is 1. The van der Waals surface area contributed by atoms with E-state index in [-0.39, 0.29) is 12.2 Å². The Balaban J connectivity index is 1.45. The van der Waals surface area contributed by atoms with Gasteiger partial charge in [0.2, 0.25) is 0 Å². The van der Waals surface area contributed by atoms with Gasteiger partial charge in [-0.15, -0.1) is 0 Å². The summed E-state index contributed by atoms with van der Waals surface area (Å²) < 4.78 is 12.0. The number of nitrogens with zero attached hydrogens (tertiary/aromatic N) is 1. The number of hydrogen-bond donors (Lipinski definition) is 2.